The van der Waals surface area contributed by atoms with Gasteiger partial charge in [0, 0.05) is 18.8 Å². The molecule has 1 aromatic rings. The number of anilines is 1. The van der Waals surface area contributed by atoms with Gasteiger partial charge in [-0.3, -0.25) is 4.90 Å². The number of nitrogens with zero attached hydrogens (tertiary/aromatic N) is 3. The molecule has 23 heavy (non-hydrogen) atoms. The Morgan fingerprint density at radius 1 is 1.09 bits per heavy atom. The van der Waals surface area contributed by atoms with Crippen molar-refractivity contribution in [3.63, 3.8) is 0 Å². The van der Waals surface area contributed by atoms with Crippen molar-refractivity contribution >= 4 is 17.7 Å². The van der Waals surface area contributed by atoms with Crippen molar-refractivity contribution in [2.45, 2.75) is 32.2 Å². The molecular weight excluding hydrogens is 292 g/mol. The molecule has 0 saturated carbocycles. The summed E-state index contributed by atoms with van der Waals surface area (Å²) in [5.41, 5.74) is 8.06. The number of benzene rings is 1. The molecule has 0 aliphatic carbocycles. The highest BCUT2D eigenvalue weighted by atomic mass is 16.6. The third-order valence-corrected chi connectivity index (χ3v) is 4.36. The molecule has 2 aliphatic rings. The lowest BCUT2D eigenvalue weighted by Gasteiger charge is -2.21. The molecule has 0 bridgehead atoms. The molecule has 0 unspecified atom stereocenters. The molecule has 1 aromatic carbocycles. The molecule has 3 rings (SSSR count). The number of likely N-dealkylation sites (tertiary alicyclic amines) is 1. The highest BCUT2D eigenvalue weighted by Gasteiger charge is 2.23. The predicted molar refractivity (Wildman–Crippen MR) is 90.5 cm³/mol. The van der Waals surface area contributed by atoms with Gasteiger partial charge in [-0.1, -0.05) is 25.0 Å². The van der Waals surface area contributed by atoms with Gasteiger partial charge < -0.3 is 15.4 Å². The second-order valence-electron chi connectivity index (χ2n) is 6.01. The van der Waals surface area contributed by atoms with Crippen LogP contribution in [-0.4, -0.2) is 43.2 Å². The summed E-state index contributed by atoms with van der Waals surface area (Å²) in [7, 11) is 0. The van der Waals surface area contributed by atoms with Crippen LogP contribution >= 0.6 is 0 Å². The molecule has 6 nitrogen and oxygen atoms in total. The van der Waals surface area contributed by atoms with Crippen molar-refractivity contribution in [2.75, 3.05) is 31.1 Å². The number of aliphatic imine (C=N–C) groups is 1. The zero-order chi connectivity index (χ0) is 16.1. The van der Waals surface area contributed by atoms with Gasteiger partial charge >= 0.3 is 6.09 Å². The van der Waals surface area contributed by atoms with E-state index in [-0.39, 0.29) is 6.09 Å². The molecule has 0 aromatic heterocycles. The first-order valence-electron chi connectivity index (χ1n) is 8.32. The molecular formula is C17H24N4O2. The normalized spacial score (nSPS) is 19.7. The number of hydrogen-bond acceptors (Lipinski definition) is 3. The third-order valence-electron chi connectivity index (χ3n) is 4.36. The van der Waals surface area contributed by atoms with E-state index in [0.29, 0.717) is 25.7 Å². The van der Waals surface area contributed by atoms with Gasteiger partial charge in [0.15, 0.2) is 5.96 Å². The van der Waals surface area contributed by atoms with E-state index in [2.05, 4.69) is 9.89 Å². The number of carbonyl (C=O) groups is 1. The maximum atomic E-state index is 11.5. The molecule has 1 amide bonds. The minimum atomic E-state index is -0.277. The quantitative estimate of drug-likeness (QED) is 0.686. The lowest BCUT2D eigenvalue weighted by Crippen LogP contribution is -2.38. The number of rotatable bonds is 3. The predicted octanol–water partition coefficient (Wildman–Crippen LogP) is 2.33. The van der Waals surface area contributed by atoms with E-state index >= 15 is 0 Å². The van der Waals surface area contributed by atoms with E-state index in [4.69, 9.17) is 10.5 Å². The number of ether oxygens (including phenoxy) is 1. The first-order chi connectivity index (χ1) is 11.2. The zero-order valence-electron chi connectivity index (χ0n) is 13.4. The van der Waals surface area contributed by atoms with Crippen molar-refractivity contribution in [3.05, 3.63) is 29.8 Å². The summed E-state index contributed by atoms with van der Waals surface area (Å²) in [6.07, 6.45) is 4.67. The van der Waals surface area contributed by atoms with Gasteiger partial charge in [0.25, 0.3) is 0 Å². The maximum absolute atomic E-state index is 11.5. The Balaban J connectivity index is 1.59. The van der Waals surface area contributed by atoms with Crippen molar-refractivity contribution < 1.29 is 9.53 Å². The molecule has 6 heteroatoms. The highest BCUT2D eigenvalue weighted by Crippen LogP contribution is 2.19. The Hall–Kier alpha value is -2.24. The average molecular weight is 316 g/mol. The fourth-order valence-corrected chi connectivity index (χ4v) is 2.98. The van der Waals surface area contributed by atoms with Gasteiger partial charge in [0.05, 0.1) is 13.1 Å². The Labute approximate surface area is 136 Å². The fourth-order valence-electron chi connectivity index (χ4n) is 2.98. The maximum Gasteiger partial charge on any atom is 0.414 e. The molecule has 2 fully saturated rings. The second-order valence-corrected chi connectivity index (χ2v) is 6.01. The largest absolute Gasteiger partial charge is 0.447 e. The Bertz CT molecular complexity index is 562. The number of guanidine groups is 1. The van der Waals surface area contributed by atoms with E-state index in [1.165, 1.54) is 25.7 Å². The van der Waals surface area contributed by atoms with Gasteiger partial charge in [-0.15, -0.1) is 0 Å². The lowest BCUT2D eigenvalue weighted by atomic mass is 10.2. The molecule has 0 spiro atoms. The van der Waals surface area contributed by atoms with Gasteiger partial charge in [0.2, 0.25) is 0 Å². The van der Waals surface area contributed by atoms with Gasteiger partial charge in [-0.05, 0) is 30.5 Å². The smallest absolute Gasteiger partial charge is 0.414 e. The SMILES string of the molecule is NC(=NCc1ccc(N2CCOC2=O)cc1)N1CCCCCC1. The summed E-state index contributed by atoms with van der Waals surface area (Å²) in [5.74, 6) is 0.638. The molecule has 2 aliphatic heterocycles. The number of carbonyl (C=O) groups excluding carboxylic acids is 1. The second kappa shape index (κ2) is 7.35. The van der Waals surface area contributed by atoms with Gasteiger partial charge in [-0.25, -0.2) is 9.79 Å². The van der Waals surface area contributed by atoms with Crippen molar-refractivity contribution in [3.8, 4) is 0 Å². The van der Waals surface area contributed by atoms with E-state index in [1.807, 2.05) is 24.3 Å². The van der Waals surface area contributed by atoms with Crippen LogP contribution in [0.15, 0.2) is 29.3 Å². The monoisotopic (exact) mass is 316 g/mol. The molecule has 2 N–H and O–H groups in total. The van der Waals surface area contributed by atoms with Gasteiger partial charge in [0.1, 0.15) is 6.61 Å². The van der Waals surface area contributed by atoms with Gasteiger partial charge in [-0.2, -0.15) is 0 Å². The minimum Gasteiger partial charge on any atom is -0.447 e. The van der Waals surface area contributed by atoms with E-state index in [0.717, 1.165) is 24.3 Å². The van der Waals surface area contributed by atoms with Crippen LogP contribution < -0.4 is 10.6 Å². The summed E-state index contributed by atoms with van der Waals surface area (Å²) >= 11 is 0. The van der Waals surface area contributed by atoms with E-state index in [9.17, 15) is 4.79 Å². The average Bonchev–Trinajstić information content (AvgIpc) is 2.84. The molecule has 2 heterocycles. The zero-order valence-corrected chi connectivity index (χ0v) is 13.4. The lowest BCUT2D eigenvalue weighted by molar-refractivity contribution is 0.181. The van der Waals surface area contributed by atoms with Crippen LogP contribution in [0.3, 0.4) is 0 Å². The van der Waals surface area contributed by atoms with Crippen LogP contribution in [0.1, 0.15) is 31.2 Å². The van der Waals surface area contributed by atoms with Crippen LogP contribution in [-0.2, 0) is 11.3 Å². The number of hydrogen-bond donors (Lipinski definition) is 1. The Kier molecular flexibility index (Phi) is 5.00. The highest BCUT2D eigenvalue weighted by molar-refractivity contribution is 5.89. The minimum absolute atomic E-state index is 0.277. The summed E-state index contributed by atoms with van der Waals surface area (Å²) in [4.78, 5) is 19.9. The Morgan fingerprint density at radius 2 is 1.78 bits per heavy atom. The standard InChI is InChI=1S/C17H24N4O2/c18-16(20-9-3-1-2-4-10-20)19-13-14-5-7-15(8-6-14)21-11-12-23-17(21)22/h5-8H,1-4,9-13H2,(H2,18,19). The molecule has 2 saturated heterocycles. The summed E-state index contributed by atoms with van der Waals surface area (Å²) in [6, 6.07) is 7.83. The van der Waals surface area contributed by atoms with E-state index < -0.39 is 0 Å². The fraction of sp³-hybridized carbons (Fsp3) is 0.529. The van der Waals surface area contributed by atoms with Crippen LogP contribution in [0.2, 0.25) is 0 Å². The summed E-state index contributed by atoms with van der Waals surface area (Å²) < 4.78 is 4.95. The van der Waals surface area contributed by atoms with Crippen LogP contribution in [0, 0.1) is 0 Å². The van der Waals surface area contributed by atoms with Crippen molar-refractivity contribution in [1.29, 1.82) is 0 Å². The van der Waals surface area contributed by atoms with Crippen LogP contribution in [0.5, 0.6) is 0 Å². The topological polar surface area (TPSA) is 71.2 Å². The van der Waals surface area contributed by atoms with Crippen molar-refractivity contribution in [1.82, 2.24) is 4.90 Å². The van der Waals surface area contributed by atoms with Crippen molar-refractivity contribution in [2.24, 2.45) is 10.7 Å². The number of nitrogens with two attached hydrogens (primary N) is 1. The summed E-state index contributed by atoms with van der Waals surface area (Å²) in [6.45, 7) is 3.64. The first-order valence-corrected chi connectivity index (χ1v) is 8.32. The molecule has 0 radical (unpaired) electrons. The molecule has 0 atom stereocenters. The number of cyclic esters (lactones) is 1. The van der Waals surface area contributed by atoms with Crippen LogP contribution in [0.25, 0.3) is 0 Å². The first kappa shape index (κ1) is 15.6. The molecule has 124 valence electrons. The number of amides is 1. The third kappa shape index (κ3) is 3.94. The Morgan fingerprint density at radius 3 is 2.39 bits per heavy atom. The van der Waals surface area contributed by atoms with Crippen LogP contribution in [0.4, 0.5) is 10.5 Å². The summed E-state index contributed by atoms with van der Waals surface area (Å²) in [5, 5.41) is 0. The van der Waals surface area contributed by atoms with E-state index in [1.54, 1.807) is 4.90 Å².